The number of anilines is 1. The molecule has 45 heavy (non-hydrogen) atoms. The SMILES string of the molecule is C=CC(=O)N1CCN(c2c(C#N)c(=O)n(C3C(C(C)C)=NC=C[C@H]3C)c3nc(-c4c(F)c(F)c(Cl)c(O)c4Cl)c(Cl)cc23)CC1. The third-order valence-corrected chi connectivity index (χ3v) is 9.06. The van der Waals surface area contributed by atoms with E-state index >= 15 is 4.39 Å². The van der Waals surface area contributed by atoms with Gasteiger partial charge < -0.3 is 14.9 Å². The van der Waals surface area contributed by atoms with Crippen LogP contribution in [0.2, 0.25) is 15.1 Å². The van der Waals surface area contributed by atoms with Crippen molar-refractivity contribution in [3.63, 3.8) is 0 Å². The average molecular weight is 676 g/mol. The molecule has 4 heterocycles. The zero-order valence-corrected chi connectivity index (χ0v) is 26.7. The number of fused-ring (bicyclic) bond motifs is 1. The summed E-state index contributed by atoms with van der Waals surface area (Å²) < 4.78 is 31.5. The number of phenolic OH excluding ortho intramolecular Hbond substituents is 1. The van der Waals surface area contributed by atoms with Crippen LogP contribution in [-0.4, -0.2) is 57.4 Å². The third kappa shape index (κ3) is 5.35. The zero-order chi connectivity index (χ0) is 32.9. The zero-order valence-electron chi connectivity index (χ0n) is 24.4. The molecule has 2 atom stereocenters. The molecule has 1 fully saturated rings. The number of aromatic hydroxyl groups is 1. The van der Waals surface area contributed by atoms with Gasteiger partial charge in [-0.1, -0.05) is 68.2 Å². The number of carbonyl (C=O) groups is 1. The summed E-state index contributed by atoms with van der Waals surface area (Å²) in [6.07, 6.45) is 4.68. The van der Waals surface area contributed by atoms with Gasteiger partial charge in [-0.3, -0.25) is 19.1 Å². The summed E-state index contributed by atoms with van der Waals surface area (Å²) in [5.74, 6) is -4.62. The van der Waals surface area contributed by atoms with Crippen LogP contribution < -0.4 is 10.5 Å². The highest BCUT2D eigenvalue weighted by atomic mass is 35.5. The van der Waals surface area contributed by atoms with E-state index in [2.05, 4.69) is 22.6 Å². The van der Waals surface area contributed by atoms with Crippen LogP contribution in [0.15, 0.2) is 40.8 Å². The Labute approximate surface area is 272 Å². The smallest absolute Gasteiger partial charge is 0.272 e. The molecule has 1 saturated heterocycles. The monoisotopic (exact) mass is 674 g/mol. The Bertz CT molecular complexity index is 1900. The summed E-state index contributed by atoms with van der Waals surface area (Å²) in [4.78, 5) is 39.2. The fourth-order valence-corrected chi connectivity index (χ4v) is 6.57. The number of carbonyl (C=O) groups excluding carboxylic acids is 1. The van der Waals surface area contributed by atoms with E-state index in [1.807, 2.05) is 26.8 Å². The lowest BCUT2D eigenvalue weighted by Gasteiger charge is -2.37. The van der Waals surface area contributed by atoms with Crippen LogP contribution in [0.3, 0.4) is 0 Å². The quantitative estimate of drug-likeness (QED) is 0.187. The van der Waals surface area contributed by atoms with E-state index in [0.717, 1.165) is 0 Å². The van der Waals surface area contributed by atoms with Crippen LogP contribution in [0.4, 0.5) is 14.5 Å². The van der Waals surface area contributed by atoms with Gasteiger partial charge in [0.2, 0.25) is 5.91 Å². The highest BCUT2D eigenvalue weighted by Crippen LogP contribution is 2.46. The van der Waals surface area contributed by atoms with Crippen LogP contribution in [-0.2, 0) is 4.79 Å². The van der Waals surface area contributed by atoms with E-state index in [-0.39, 0.29) is 76.9 Å². The van der Waals surface area contributed by atoms with Crippen molar-refractivity contribution in [3.05, 3.63) is 73.6 Å². The number of rotatable bonds is 5. The Morgan fingerprint density at radius 1 is 1.18 bits per heavy atom. The van der Waals surface area contributed by atoms with E-state index in [1.165, 1.54) is 16.7 Å². The molecule has 2 aliphatic rings. The van der Waals surface area contributed by atoms with Crippen molar-refractivity contribution in [2.45, 2.75) is 26.8 Å². The van der Waals surface area contributed by atoms with Crippen LogP contribution in [0.25, 0.3) is 22.3 Å². The Balaban J connectivity index is 1.88. The lowest BCUT2D eigenvalue weighted by molar-refractivity contribution is -0.126. The van der Waals surface area contributed by atoms with E-state index in [4.69, 9.17) is 34.8 Å². The number of allylic oxidation sites excluding steroid dienone is 1. The minimum Gasteiger partial charge on any atom is -0.505 e. The van der Waals surface area contributed by atoms with Crippen molar-refractivity contribution in [1.82, 2.24) is 14.5 Å². The van der Waals surface area contributed by atoms with E-state index in [0.29, 0.717) is 5.71 Å². The van der Waals surface area contributed by atoms with Gasteiger partial charge in [-0.05, 0) is 18.1 Å². The topological polar surface area (TPSA) is 115 Å². The molecule has 2 aliphatic heterocycles. The van der Waals surface area contributed by atoms with Crippen molar-refractivity contribution in [1.29, 1.82) is 5.26 Å². The van der Waals surface area contributed by atoms with Gasteiger partial charge in [0, 0.05) is 49.4 Å². The van der Waals surface area contributed by atoms with E-state index in [1.54, 1.807) is 16.0 Å². The number of piperazine rings is 1. The number of aromatic nitrogens is 2. The molecule has 2 aromatic heterocycles. The number of nitrogens with zero attached hydrogens (tertiary/aromatic N) is 6. The van der Waals surface area contributed by atoms with Crippen LogP contribution >= 0.6 is 34.8 Å². The summed E-state index contributed by atoms with van der Waals surface area (Å²) in [6, 6.07) is 2.76. The summed E-state index contributed by atoms with van der Waals surface area (Å²) in [5, 5.41) is 19.3. The molecule has 1 aromatic carbocycles. The lowest BCUT2D eigenvalue weighted by Crippen LogP contribution is -2.49. The summed E-state index contributed by atoms with van der Waals surface area (Å²) in [7, 11) is 0. The largest absolute Gasteiger partial charge is 0.505 e. The number of halogens is 5. The van der Waals surface area contributed by atoms with Crippen molar-refractivity contribution in [3.8, 4) is 23.1 Å². The molecule has 1 unspecified atom stereocenters. The molecular formula is C31H27Cl3F2N6O3. The van der Waals surface area contributed by atoms with Gasteiger partial charge in [-0.2, -0.15) is 5.26 Å². The van der Waals surface area contributed by atoms with E-state index in [9.17, 15) is 24.3 Å². The van der Waals surface area contributed by atoms with Gasteiger partial charge in [0.05, 0.1) is 33.0 Å². The van der Waals surface area contributed by atoms with Crippen molar-refractivity contribution < 1.29 is 18.7 Å². The fraction of sp³-hybridized carbons (Fsp3) is 0.323. The second-order valence-corrected chi connectivity index (χ2v) is 12.2. The number of aliphatic imine (C=N–C) groups is 1. The second kappa shape index (κ2) is 12.4. The standard InChI is InChI=1S/C31H27Cl3F2N6O3/c1-5-19(43)40-8-10-41(11-9-40)28-16-12-18(32)26(20-21(33)29(44)22(34)24(36)23(20)35)39-30(16)42(31(45)17(28)13-37)27-15(4)6-7-38-25(27)14(2)3/h5-7,12,14-15,27,44H,1,8-11H2,2-4H3/t15-,27?/m1/s1. The number of amides is 1. The predicted molar refractivity (Wildman–Crippen MR) is 171 cm³/mol. The van der Waals surface area contributed by atoms with E-state index < -0.39 is 44.6 Å². The van der Waals surface area contributed by atoms with Crippen LogP contribution in [0.1, 0.15) is 32.4 Å². The summed E-state index contributed by atoms with van der Waals surface area (Å²) in [6.45, 7) is 10.4. The second-order valence-electron chi connectivity index (χ2n) is 11.1. The van der Waals surface area contributed by atoms with Gasteiger partial charge in [0.1, 0.15) is 22.3 Å². The Morgan fingerprint density at radius 3 is 2.44 bits per heavy atom. The van der Waals surface area contributed by atoms with Gasteiger partial charge in [-0.25, -0.2) is 13.8 Å². The van der Waals surface area contributed by atoms with Crippen molar-refractivity contribution in [2.24, 2.45) is 16.8 Å². The molecule has 14 heteroatoms. The lowest BCUT2D eigenvalue weighted by atomic mass is 9.88. The summed E-state index contributed by atoms with van der Waals surface area (Å²) >= 11 is 18.7. The number of nitriles is 1. The molecule has 5 rings (SSSR count). The van der Waals surface area contributed by atoms with Crippen molar-refractivity contribution in [2.75, 3.05) is 31.1 Å². The minimum absolute atomic E-state index is 0.00353. The van der Waals surface area contributed by atoms with Gasteiger partial charge in [0.15, 0.2) is 17.4 Å². The first kappa shape index (κ1) is 32.4. The first-order chi connectivity index (χ1) is 21.3. The molecular weight excluding hydrogens is 649 g/mol. The maximum atomic E-state index is 15.4. The Kier molecular flexibility index (Phi) is 8.95. The first-order valence-corrected chi connectivity index (χ1v) is 15.1. The molecule has 3 aromatic rings. The maximum Gasteiger partial charge on any atom is 0.272 e. The third-order valence-electron chi connectivity index (χ3n) is 8.06. The molecule has 1 amide bonds. The first-order valence-electron chi connectivity index (χ1n) is 14.0. The molecule has 0 saturated carbocycles. The Morgan fingerprint density at radius 2 is 1.84 bits per heavy atom. The average Bonchev–Trinajstić information content (AvgIpc) is 3.02. The number of hydrogen-bond donors (Lipinski definition) is 1. The highest BCUT2D eigenvalue weighted by molar-refractivity contribution is 6.40. The molecule has 0 bridgehead atoms. The number of pyridine rings is 2. The van der Waals surface area contributed by atoms with Gasteiger partial charge in [0.25, 0.3) is 5.56 Å². The van der Waals surface area contributed by atoms with Gasteiger partial charge in [-0.15, -0.1) is 0 Å². The number of hydrogen-bond acceptors (Lipinski definition) is 7. The maximum absolute atomic E-state index is 15.4. The molecule has 0 aliphatic carbocycles. The van der Waals surface area contributed by atoms with Crippen LogP contribution in [0, 0.1) is 34.8 Å². The van der Waals surface area contributed by atoms with Gasteiger partial charge >= 0.3 is 0 Å². The van der Waals surface area contributed by atoms with Crippen LogP contribution in [0.5, 0.6) is 5.75 Å². The molecule has 0 spiro atoms. The Hall–Kier alpha value is -3.98. The molecule has 1 N–H and O–H groups in total. The number of phenols is 1. The minimum atomic E-state index is -1.56. The predicted octanol–water partition coefficient (Wildman–Crippen LogP) is 6.52. The molecule has 9 nitrogen and oxygen atoms in total. The van der Waals surface area contributed by atoms with Crippen molar-refractivity contribution >= 4 is 63.1 Å². The normalized spacial score (nSPS) is 18.4. The molecule has 234 valence electrons. The molecule has 0 radical (unpaired) electrons. The summed E-state index contributed by atoms with van der Waals surface area (Å²) in [5.41, 5.74) is -0.991. The highest BCUT2D eigenvalue weighted by Gasteiger charge is 2.35. The fourth-order valence-electron chi connectivity index (χ4n) is 5.83. The number of benzene rings is 1.